The molecule has 42 heavy (non-hydrogen) atoms. The molecular formula is C34H33NO7. The van der Waals surface area contributed by atoms with Crippen molar-refractivity contribution in [1.82, 2.24) is 4.57 Å². The third kappa shape index (κ3) is 5.28. The highest BCUT2D eigenvalue weighted by Crippen LogP contribution is 2.39. The zero-order chi connectivity index (χ0) is 30.0. The maximum Gasteiger partial charge on any atom is 0.306 e. The van der Waals surface area contributed by atoms with Crippen molar-refractivity contribution < 1.29 is 23.4 Å². The van der Waals surface area contributed by atoms with Gasteiger partial charge in [0.15, 0.2) is 0 Å². The lowest BCUT2D eigenvalue weighted by Gasteiger charge is -2.22. The van der Waals surface area contributed by atoms with E-state index in [2.05, 4.69) is 0 Å². The van der Waals surface area contributed by atoms with Gasteiger partial charge in [0.1, 0.15) is 23.3 Å². The maximum absolute atomic E-state index is 14.2. The summed E-state index contributed by atoms with van der Waals surface area (Å²) in [5, 5.41) is 1.15. The van der Waals surface area contributed by atoms with Crippen molar-refractivity contribution in [1.29, 1.82) is 0 Å². The number of methoxy groups -OCH3 is 3. The smallest absolute Gasteiger partial charge is 0.306 e. The van der Waals surface area contributed by atoms with E-state index in [1.807, 2.05) is 44.2 Å². The topological polar surface area (TPSA) is 97.0 Å². The summed E-state index contributed by atoms with van der Waals surface area (Å²) >= 11 is 0. The molecule has 1 atom stereocenters. The predicted molar refractivity (Wildman–Crippen MR) is 163 cm³/mol. The van der Waals surface area contributed by atoms with Crippen molar-refractivity contribution >= 4 is 27.8 Å². The van der Waals surface area contributed by atoms with Crippen LogP contribution in [0.15, 0.2) is 87.0 Å². The summed E-state index contributed by atoms with van der Waals surface area (Å²) in [7, 11) is 4.38. The second-order valence-electron chi connectivity index (χ2n) is 10.6. The molecule has 0 radical (unpaired) electrons. The number of carbonyl (C=O) groups is 1. The van der Waals surface area contributed by atoms with Gasteiger partial charge in [0, 0.05) is 23.6 Å². The number of para-hydroxylation sites is 1. The van der Waals surface area contributed by atoms with E-state index in [1.54, 1.807) is 48.1 Å². The van der Waals surface area contributed by atoms with E-state index >= 15 is 0 Å². The minimum Gasteiger partial charge on any atom is -0.497 e. The van der Waals surface area contributed by atoms with Crippen molar-refractivity contribution in [3.8, 4) is 22.6 Å². The summed E-state index contributed by atoms with van der Waals surface area (Å²) in [6.07, 6.45) is 1.24. The van der Waals surface area contributed by atoms with Gasteiger partial charge in [-0.3, -0.25) is 14.4 Å². The molecule has 216 valence electrons. The summed E-state index contributed by atoms with van der Waals surface area (Å²) in [6.45, 7) is 4.58. The molecule has 0 aliphatic heterocycles. The van der Waals surface area contributed by atoms with E-state index < -0.39 is 11.9 Å². The fourth-order valence-corrected chi connectivity index (χ4v) is 5.44. The van der Waals surface area contributed by atoms with Crippen LogP contribution in [-0.4, -0.2) is 31.9 Å². The van der Waals surface area contributed by atoms with Crippen molar-refractivity contribution in [3.63, 3.8) is 0 Å². The molecule has 2 heterocycles. The highest BCUT2D eigenvalue weighted by Gasteiger charge is 2.30. The van der Waals surface area contributed by atoms with Crippen LogP contribution in [0.2, 0.25) is 0 Å². The molecule has 0 unspecified atom stereocenters. The Hall–Kier alpha value is -4.85. The normalized spacial score (nSPS) is 12.0. The molecule has 5 rings (SSSR count). The molecule has 0 aliphatic rings. The monoisotopic (exact) mass is 567 g/mol. The number of pyridine rings is 1. The van der Waals surface area contributed by atoms with Crippen molar-refractivity contribution in [3.05, 3.63) is 105 Å². The highest BCUT2D eigenvalue weighted by molar-refractivity contribution is 5.88. The van der Waals surface area contributed by atoms with E-state index in [4.69, 9.17) is 18.6 Å². The van der Waals surface area contributed by atoms with Gasteiger partial charge in [0.25, 0.3) is 5.56 Å². The Morgan fingerprint density at radius 3 is 2.33 bits per heavy atom. The molecule has 0 saturated heterocycles. The summed E-state index contributed by atoms with van der Waals surface area (Å²) in [5.41, 5.74) is 2.42. The van der Waals surface area contributed by atoms with Gasteiger partial charge in [0.05, 0.1) is 44.2 Å². The van der Waals surface area contributed by atoms with Crippen LogP contribution in [0, 0.1) is 5.92 Å². The number of nitrogens with zero attached hydrogens (tertiary/aromatic N) is 1. The average Bonchev–Trinajstić information content (AvgIpc) is 3.00. The number of carbonyl (C=O) groups excluding carboxylic acids is 1. The van der Waals surface area contributed by atoms with Crippen LogP contribution in [0.5, 0.6) is 11.5 Å². The second kappa shape index (κ2) is 11.9. The molecular weight excluding hydrogens is 534 g/mol. The molecule has 0 bridgehead atoms. The first-order valence-corrected chi connectivity index (χ1v) is 13.7. The molecule has 0 spiro atoms. The predicted octanol–water partition coefficient (Wildman–Crippen LogP) is 6.14. The number of esters is 1. The summed E-state index contributed by atoms with van der Waals surface area (Å²) in [5.74, 6) is -0.0810. The van der Waals surface area contributed by atoms with Crippen LogP contribution in [0.1, 0.15) is 37.3 Å². The third-order valence-electron chi connectivity index (χ3n) is 7.46. The molecule has 0 N–H and O–H groups in total. The van der Waals surface area contributed by atoms with Gasteiger partial charge in [0.2, 0.25) is 5.43 Å². The highest BCUT2D eigenvalue weighted by atomic mass is 16.5. The molecule has 0 amide bonds. The Bertz CT molecular complexity index is 1880. The van der Waals surface area contributed by atoms with Crippen LogP contribution in [0.25, 0.3) is 33.0 Å². The number of fused-ring (bicyclic) bond motifs is 2. The van der Waals surface area contributed by atoms with Gasteiger partial charge in [-0.15, -0.1) is 0 Å². The van der Waals surface area contributed by atoms with Gasteiger partial charge in [-0.1, -0.05) is 44.2 Å². The molecule has 8 heteroatoms. The lowest BCUT2D eigenvalue weighted by atomic mass is 9.86. The Labute approximate surface area is 243 Å². The molecule has 0 saturated carbocycles. The van der Waals surface area contributed by atoms with Crippen molar-refractivity contribution in [2.24, 2.45) is 5.92 Å². The standard InChI is InChI=1S/C34H33NO7/c1-20(2)18-35-28-9-7-6-8-22(28)16-26(34(35)38)25(17-30(36)41-5)31-29(40-4)15-14-24-32(37)27(19-42-33(24)31)21-10-12-23(39-3)13-11-21/h6-16,19-20,25H,17-18H2,1-5H3/t25-/m1/s1. The lowest BCUT2D eigenvalue weighted by Crippen LogP contribution is -2.29. The summed E-state index contributed by atoms with van der Waals surface area (Å²) < 4.78 is 24.0. The number of hydrogen-bond acceptors (Lipinski definition) is 7. The van der Waals surface area contributed by atoms with Crippen LogP contribution in [0.3, 0.4) is 0 Å². The molecule has 5 aromatic rings. The van der Waals surface area contributed by atoms with Gasteiger partial charge in [-0.2, -0.15) is 0 Å². The van der Waals surface area contributed by atoms with E-state index in [9.17, 15) is 14.4 Å². The number of hydrogen-bond donors (Lipinski definition) is 0. The largest absolute Gasteiger partial charge is 0.497 e. The fraction of sp³-hybridized carbons (Fsp3) is 0.265. The van der Waals surface area contributed by atoms with Gasteiger partial charge in [-0.25, -0.2) is 0 Å². The maximum atomic E-state index is 14.2. The number of rotatable bonds is 9. The first-order chi connectivity index (χ1) is 20.3. The zero-order valence-corrected chi connectivity index (χ0v) is 24.3. The van der Waals surface area contributed by atoms with Gasteiger partial charge >= 0.3 is 5.97 Å². The summed E-state index contributed by atoms with van der Waals surface area (Å²) in [6, 6.07) is 19.9. The molecule has 0 fully saturated rings. The Morgan fingerprint density at radius 1 is 0.929 bits per heavy atom. The Morgan fingerprint density at radius 2 is 1.67 bits per heavy atom. The lowest BCUT2D eigenvalue weighted by molar-refractivity contribution is -0.140. The number of benzene rings is 3. The van der Waals surface area contributed by atoms with Crippen LogP contribution >= 0.6 is 0 Å². The molecule has 3 aromatic carbocycles. The van der Waals surface area contributed by atoms with Crippen LogP contribution in [-0.2, 0) is 16.1 Å². The van der Waals surface area contributed by atoms with E-state index in [0.29, 0.717) is 45.7 Å². The quantitative estimate of drug-likeness (QED) is 0.197. The first kappa shape index (κ1) is 28.7. The molecule has 0 aliphatic carbocycles. The third-order valence-corrected chi connectivity index (χ3v) is 7.46. The Balaban J connectivity index is 1.80. The average molecular weight is 568 g/mol. The van der Waals surface area contributed by atoms with Gasteiger partial charge < -0.3 is 23.2 Å². The van der Waals surface area contributed by atoms with Crippen LogP contribution < -0.4 is 20.5 Å². The van der Waals surface area contributed by atoms with E-state index in [-0.39, 0.29) is 28.9 Å². The second-order valence-corrected chi connectivity index (χ2v) is 10.6. The summed E-state index contributed by atoms with van der Waals surface area (Å²) in [4.78, 5) is 40.8. The number of ether oxygens (including phenoxy) is 3. The number of aromatic nitrogens is 1. The van der Waals surface area contributed by atoms with Crippen molar-refractivity contribution in [2.75, 3.05) is 21.3 Å². The Kier molecular flexibility index (Phi) is 8.15. The SMILES string of the molecule is COC(=O)C[C@H](c1cc2ccccc2n(CC(C)C)c1=O)c1c(OC)ccc2c(=O)c(-c3ccc(OC)cc3)coc12. The van der Waals surface area contributed by atoms with Crippen molar-refractivity contribution in [2.45, 2.75) is 32.7 Å². The minimum atomic E-state index is -0.818. The van der Waals surface area contributed by atoms with E-state index in [1.165, 1.54) is 20.5 Å². The molecule has 2 aromatic heterocycles. The molecule has 8 nitrogen and oxygen atoms in total. The van der Waals surface area contributed by atoms with Gasteiger partial charge in [-0.05, 0) is 53.3 Å². The van der Waals surface area contributed by atoms with Crippen LogP contribution in [0.4, 0.5) is 0 Å². The minimum absolute atomic E-state index is 0.162. The van der Waals surface area contributed by atoms with E-state index in [0.717, 1.165) is 10.9 Å². The first-order valence-electron chi connectivity index (χ1n) is 13.7. The zero-order valence-electron chi connectivity index (χ0n) is 24.3. The fourth-order valence-electron chi connectivity index (χ4n) is 5.44.